The van der Waals surface area contributed by atoms with Crippen molar-refractivity contribution in [3.8, 4) is 0 Å². The monoisotopic (exact) mass is 161 g/mol. The molecule has 0 bridgehead atoms. The zero-order valence-electron chi connectivity index (χ0n) is 5.66. The third-order valence-corrected chi connectivity index (χ3v) is 1.03. The van der Waals surface area contributed by atoms with E-state index < -0.39 is 0 Å². The first kappa shape index (κ1) is 12.1. The predicted molar refractivity (Wildman–Crippen MR) is 44.6 cm³/mol. The Bertz CT molecular complexity index is 155. The van der Waals surface area contributed by atoms with E-state index in [4.69, 9.17) is 5.11 Å². The van der Waals surface area contributed by atoms with Gasteiger partial charge in [-0.15, -0.1) is 12.4 Å². The molecule has 0 spiro atoms. The first-order valence-corrected chi connectivity index (χ1v) is 2.58. The van der Waals surface area contributed by atoms with Gasteiger partial charge in [0, 0.05) is 0 Å². The van der Waals surface area contributed by atoms with E-state index in [1.165, 1.54) is 0 Å². The van der Waals surface area contributed by atoms with E-state index in [-0.39, 0.29) is 25.2 Å². The lowest BCUT2D eigenvalue weighted by molar-refractivity contribution is 0.282. The summed E-state index contributed by atoms with van der Waals surface area (Å²) in [4.78, 5) is 0. The molecular weight excluding hydrogens is 150 g/mol. The number of halogens is 1. The van der Waals surface area contributed by atoms with E-state index in [1.54, 1.807) is 0 Å². The van der Waals surface area contributed by atoms with Crippen LogP contribution in [-0.4, -0.2) is 5.11 Å². The van der Waals surface area contributed by atoms with Gasteiger partial charge in [-0.1, -0.05) is 30.3 Å². The fourth-order valence-corrected chi connectivity index (χ4v) is 0.583. The van der Waals surface area contributed by atoms with Crippen LogP contribution in [0.25, 0.3) is 0 Å². The molecule has 0 aromatic heterocycles. The van der Waals surface area contributed by atoms with Gasteiger partial charge in [-0.05, 0) is 5.56 Å². The highest BCUT2D eigenvalue weighted by atomic mass is 35.5. The Morgan fingerprint density at radius 2 is 1.60 bits per heavy atom. The maximum absolute atomic E-state index is 8.54. The van der Waals surface area contributed by atoms with Crippen LogP contribution in [-0.2, 0) is 6.61 Å². The SMILES string of the molecule is Cl.N.OCc1ccccc1. The first-order valence-electron chi connectivity index (χ1n) is 2.58. The molecule has 3 heteroatoms. The number of benzene rings is 1. The molecule has 0 unspecified atom stereocenters. The minimum Gasteiger partial charge on any atom is -0.392 e. The van der Waals surface area contributed by atoms with E-state index in [0.29, 0.717) is 0 Å². The Labute approximate surface area is 66.9 Å². The molecule has 10 heavy (non-hydrogen) atoms. The molecule has 0 amide bonds. The molecule has 1 aromatic carbocycles. The van der Waals surface area contributed by atoms with Gasteiger partial charge < -0.3 is 11.3 Å². The second-order valence-corrected chi connectivity index (χ2v) is 1.64. The van der Waals surface area contributed by atoms with Gasteiger partial charge >= 0.3 is 0 Å². The Morgan fingerprint density at radius 3 is 1.90 bits per heavy atom. The summed E-state index contributed by atoms with van der Waals surface area (Å²) in [5.41, 5.74) is 0.965. The lowest BCUT2D eigenvalue weighted by Gasteiger charge is -1.89. The second kappa shape index (κ2) is 6.55. The molecule has 0 fully saturated rings. The van der Waals surface area contributed by atoms with E-state index in [9.17, 15) is 0 Å². The molecule has 0 atom stereocenters. The number of hydrogen-bond donors (Lipinski definition) is 2. The van der Waals surface area contributed by atoms with E-state index in [0.717, 1.165) is 5.56 Å². The maximum atomic E-state index is 8.54. The largest absolute Gasteiger partial charge is 0.392 e. The van der Waals surface area contributed by atoms with Crippen molar-refractivity contribution in [3.05, 3.63) is 35.9 Å². The summed E-state index contributed by atoms with van der Waals surface area (Å²) >= 11 is 0. The van der Waals surface area contributed by atoms with Crippen LogP contribution in [0.3, 0.4) is 0 Å². The van der Waals surface area contributed by atoms with Crippen molar-refractivity contribution >= 4 is 12.4 Å². The molecule has 0 aliphatic rings. The molecule has 0 heterocycles. The number of hydrogen-bond acceptors (Lipinski definition) is 2. The van der Waals surface area contributed by atoms with Crippen LogP contribution in [0.5, 0.6) is 0 Å². The molecule has 0 aliphatic heterocycles. The summed E-state index contributed by atoms with van der Waals surface area (Å²) in [7, 11) is 0. The molecule has 1 aromatic rings. The zero-order chi connectivity index (χ0) is 5.82. The number of rotatable bonds is 1. The van der Waals surface area contributed by atoms with Crippen LogP contribution in [0.2, 0.25) is 0 Å². The Kier molecular flexibility index (Phi) is 7.95. The Morgan fingerprint density at radius 1 is 1.10 bits per heavy atom. The van der Waals surface area contributed by atoms with Crippen LogP contribution in [0.15, 0.2) is 30.3 Å². The maximum Gasteiger partial charge on any atom is 0.0681 e. The van der Waals surface area contributed by atoms with Crippen molar-refractivity contribution < 1.29 is 5.11 Å². The lowest BCUT2D eigenvalue weighted by atomic mass is 10.2. The van der Waals surface area contributed by atoms with Crippen LogP contribution >= 0.6 is 12.4 Å². The van der Waals surface area contributed by atoms with Crippen molar-refractivity contribution in [1.29, 1.82) is 0 Å². The highest BCUT2D eigenvalue weighted by Gasteiger charge is 1.81. The van der Waals surface area contributed by atoms with Crippen molar-refractivity contribution in [3.63, 3.8) is 0 Å². The average Bonchev–Trinajstić information content (AvgIpc) is 1.90. The minimum atomic E-state index is 0. The summed E-state index contributed by atoms with van der Waals surface area (Å²) in [6, 6.07) is 9.52. The van der Waals surface area contributed by atoms with E-state index in [1.807, 2.05) is 30.3 Å². The predicted octanol–water partition coefficient (Wildman–Crippen LogP) is 1.76. The Hall–Kier alpha value is -0.570. The van der Waals surface area contributed by atoms with Crippen molar-refractivity contribution in [2.75, 3.05) is 0 Å². The summed E-state index contributed by atoms with van der Waals surface area (Å²) in [6.45, 7) is 0.140. The standard InChI is InChI=1S/C7H8O.ClH.H3N/c8-6-7-4-2-1-3-5-7;;/h1-5,8H,6H2;1H;1H3. The fourth-order valence-electron chi connectivity index (χ4n) is 0.583. The molecule has 0 saturated heterocycles. The first-order chi connectivity index (χ1) is 3.93. The van der Waals surface area contributed by atoms with Gasteiger partial charge in [-0.3, -0.25) is 0 Å². The van der Waals surface area contributed by atoms with Gasteiger partial charge in [-0.2, -0.15) is 0 Å². The van der Waals surface area contributed by atoms with Gasteiger partial charge in [0.25, 0.3) is 0 Å². The minimum absolute atomic E-state index is 0. The van der Waals surface area contributed by atoms with Gasteiger partial charge in [0.2, 0.25) is 0 Å². The highest BCUT2D eigenvalue weighted by molar-refractivity contribution is 5.85. The summed E-state index contributed by atoms with van der Waals surface area (Å²) in [6.07, 6.45) is 0. The summed E-state index contributed by atoms with van der Waals surface area (Å²) in [5, 5.41) is 8.54. The molecular formula is C7H12ClNO. The second-order valence-electron chi connectivity index (χ2n) is 1.64. The average molecular weight is 162 g/mol. The smallest absolute Gasteiger partial charge is 0.0681 e. The normalized spacial score (nSPS) is 7.30. The van der Waals surface area contributed by atoms with Crippen molar-refractivity contribution in [1.82, 2.24) is 6.15 Å². The molecule has 2 nitrogen and oxygen atoms in total. The van der Waals surface area contributed by atoms with Crippen LogP contribution in [0, 0.1) is 0 Å². The molecule has 0 aliphatic carbocycles. The van der Waals surface area contributed by atoms with Crippen LogP contribution < -0.4 is 6.15 Å². The van der Waals surface area contributed by atoms with Gasteiger partial charge in [0.15, 0.2) is 0 Å². The number of aliphatic hydroxyl groups excluding tert-OH is 1. The molecule has 0 saturated carbocycles. The van der Waals surface area contributed by atoms with Crippen molar-refractivity contribution in [2.24, 2.45) is 0 Å². The van der Waals surface area contributed by atoms with Crippen LogP contribution in [0.4, 0.5) is 0 Å². The lowest BCUT2D eigenvalue weighted by Crippen LogP contribution is -1.77. The van der Waals surface area contributed by atoms with Gasteiger partial charge in [0.05, 0.1) is 6.61 Å². The van der Waals surface area contributed by atoms with Crippen molar-refractivity contribution in [2.45, 2.75) is 6.61 Å². The molecule has 58 valence electrons. The summed E-state index contributed by atoms with van der Waals surface area (Å²) < 4.78 is 0. The van der Waals surface area contributed by atoms with E-state index in [2.05, 4.69) is 0 Å². The highest BCUT2D eigenvalue weighted by Crippen LogP contribution is 1.95. The van der Waals surface area contributed by atoms with E-state index >= 15 is 0 Å². The zero-order valence-corrected chi connectivity index (χ0v) is 6.47. The third-order valence-electron chi connectivity index (χ3n) is 1.03. The topological polar surface area (TPSA) is 55.2 Å². The Balaban J connectivity index is 0. The molecule has 4 N–H and O–H groups in total. The fraction of sp³-hybridized carbons (Fsp3) is 0.143. The molecule has 0 radical (unpaired) electrons. The van der Waals surface area contributed by atoms with Gasteiger partial charge in [-0.25, -0.2) is 0 Å². The summed E-state index contributed by atoms with van der Waals surface area (Å²) in [5.74, 6) is 0. The van der Waals surface area contributed by atoms with Gasteiger partial charge in [0.1, 0.15) is 0 Å². The third kappa shape index (κ3) is 3.45. The quantitative estimate of drug-likeness (QED) is 0.660. The van der Waals surface area contributed by atoms with Crippen LogP contribution in [0.1, 0.15) is 5.56 Å². The number of aliphatic hydroxyl groups is 1. The molecule has 1 rings (SSSR count).